The average Bonchev–Trinajstić information content (AvgIpc) is 3.01. The first kappa shape index (κ1) is 32.4. The monoisotopic (exact) mass is 592 g/mol. The van der Waals surface area contributed by atoms with Crippen LogP contribution in [0.1, 0.15) is 69.2 Å². The highest BCUT2D eigenvalue weighted by Crippen LogP contribution is 2.32. The maximum Gasteiger partial charge on any atom is 0.243 e. The van der Waals surface area contributed by atoms with E-state index in [1.807, 2.05) is 69.3 Å². The van der Waals surface area contributed by atoms with Gasteiger partial charge in [0.1, 0.15) is 17.6 Å². The number of amides is 2. The van der Waals surface area contributed by atoms with Gasteiger partial charge >= 0.3 is 0 Å². The Morgan fingerprint density at radius 2 is 1.61 bits per heavy atom. The van der Waals surface area contributed by atoms with E-state index < -0.39 is 12.1 Å². The third-order valence-electron chi connectivity index (χ3n) is 8.19. The molecule has 0 bridgehead atoms. The van der Waals surface area contributed by atoms with Crippen molar-refractivity contribution in [2.24, 2.45) is 5.92 Å². The zero-order chi connectivity index (χ0) is 31.6. The highest BCUT2D eigenvalue weighted by molar-refractivity contribution is 5.98. The fraction of sp³-hybridized carbons (Fsp3) is 0.351. The second-order valence-electron chi connectivity index (χ2n) is 11.7. The minimum Gasteiger partial charge on any atom is -0.370 e. The summed E-state index contributed by atoms with van der Waals surface area (Å²) in [5.74, 6) is 0.211. The molecule has 1 heterocycles. The molecule has 0 radical (unpaired) electrons. The predicted octanol–water partition coefficient (Wildman–Crippen LogP) is 7.08. The quantitative estimate of drug-likeness (QED) is 0.136. The summed E-state index contributed by atoms with van der Waals surface area (Å²) in [6.07, 6.45) is 3.52. The largest absolute Gasteiger partial charge is 0.370 e. The molecule has 3 N–H and O–H groups in total. The van der Waals surface area contributed by atoms with Gasteiger partial charge < -0.3 is 16.0 Å². The number of benzene rings is 3. The molecule has 4 rings (SSSR count). The SMILES string of the molecule is CC[C@H](C)[C@H](NC(=O)CCCNc1cc(C)ccn1)C(=O)N[C@@H](CC(C)=O)c1ccc(-c2ccc(C)c3ccccc23)cc1. The molecule has 0 saturated carbocycles. The Hall–Kier alpha value is -4.52. The maximum atomic E-state index is 13.6. The molecular weight excluding hydrogens is 548 g/mol. The van der Waals surface area contributed by atoms with Gasteiger partial charge in [-0.15, -0.1) is 0 Å². The number of anilines is 1. The van der Waals surface area contributed by atoms with E-state index in [2.05, 4.69) is 52.1 Å². The van der Waals surface area contributed by atoms with E-state index in [0.717, 1.165) is 34.5 Å². The molecule has 4 aromatic rings. The molecule has 0 unspecified atom stereocenters. The highest BCUT2D eigenvalue weighted by Gasteiger charge is 2.28. The molecule has 3 aromatic carbocycles. The summed E-state index contributed by atoms with van der Waals surface area (Å²) in [5, 5.41) is 11.7. The molecule has 0 spiro atoms. The van der Waals surface area contributed by atoms with Crippen LogP contribution in [0.2, 0.25) is 0 Å². The molecule has 0 saturated heterocycles. The van der Waals surface area contributed by atoms with E-state index in [1.54, 1.807) is 6.20 Å². The lowest BCUT2D eigenvalue weighted by Gasteiger charge is -2.27. The van der Waals surface area contributed by atoms with Gasteiger partial charge in [-0.25, -0.2) is 4.98 Å². The number of Topliss-reactive ketones (excluding diaryl/α,β-unsaturated/α-hetero) is 1. The van der Waals surface area contributed by atoms with Crippen LogP contribution in [-0.2, 0) is 14.4 Å². The number of rotatable bonds is 14. The van der Waals surface area contributed by atoms with E-state index >= 15 is 0 Å². The van der Waals surface area contributed by atoms with E-state index in [0.29, 0.717) is 13.0 Å². The second kappa shape index (κ2) is 15.3. The number of aryl methyl sites for hydroxylation is 2. The fourth-order valence-corrected chi connectivity index (χ4v) is 5.44. The molecule has 1 aromatic heterocycles. The number of aromatic nitrogens is 1. The van der Waals surface area contributed by atoms with Crippen molar-refractivity contribution in [1.29, 1.82) is 0 Å². The van der Waals surface area contributed by atoms with Crippen molar-refractivity contribution < 1.29 is 14.4 Å². The van der Waals surface area contributed by atoms with Gasteiger partial charge in [0.15, 0.2) is 0 Å². The Labute approximate surface area is 260 Å². The molecule has 2 amide bonds. The minimum absolute atomic E-state index is 0.0244. The Morgan fingerprint density at radius 3 is 2.30 bits per heavy atom. The third kappa shape index (κ3) is 8.53. The van der Waals surface area contributed by atoms with Gasteiger partial charge in [-0.05, 0) is 83.8 Å². The molecule has 0 aliphatic carbocycles. The third-order valence-corrected chi connectivity index (χ3v) is 8.19. The standard InChI is InChI=1S/C37H44N4O3/c1-6-25(3)36(41-35(43)12-9-20-38-34-22-24(2)19-21-39-34)37(44)40-33(23-27(5)42)29-16-14-28(15-17-29)31-18-13-26(4)30-10-7-8-11-32(30)31/h7-8,10-11,13-19,21-22,25,33,36H,6,9,12,20,23H2,1-5H3,(H,38,39)(H,40,44)(H,41,43)/t25-,33-,36-/m0/s1. The summed E-state index contributed by atoms with van der Waals surface area (Å²) in [7, 11) is 0. The number of nitrogens with one attached hydrogen (secondary N) is 3. The number of hydrogen-bond acceptors (Lipinski definition) is 5. The number of ketones is 1. The summed E-state index contributed by atoms with van der Waals surface area (Å²) < 4.78 is 0. The van der Waals surface area contributed by atoms with Gasteiger partial charge in [0.05, 0.1) is 6.04 Å². The molecule has 0 fully saturated rings. The number of carbonyl (C=O) groups excluding carboxylic acids is 3. The van der Waals surface area contributed by atoms with E-state index in [-0.39, 0.29) is 36.4 Å². The molecule has 7 heteroatoms. The topological polar surface area (TPSA) is 100 Å². The lowest BCUT2D eigenvalue weighted by Crippen LogP contribution is -2.51. The molecular formula is C37H44N4O3. The number of pyridine rings is 1. The van der Waals surface area contributed by atoms with Crippen molar-refractivity contribution in [3.63, 3.8) is 0 Å². The van der Waals surface area contributed by atoms with Crippen LogP contribution in [0.4, 0.5) is 5.82 Å². The highest BCUT2D eigenvalue weighted by atomic mass is 16.2. The normalized spacial score (nSPS) is 13.1. The van der Waals surface area contributed by atoms with Crippen molar-refractivity contribution in [2.45, 2.75) is 72.4 Å². The number of fused-ring (bicyclic) bond motifs is 1. The van der Waals surface area contributed by atoms with Gasteiger partial charge in [0.2, 0.25) is 11.8 Å². The molecule has 230 valence electrons. The van der Waals surface area contributed by atoms with Crippen LogP contribution >= 0.6 is 0 Å². The van der Waals surface area contributed by atoms with Crippen molar-refractivity contribution in [3.05, 3.63) is 95.7 Å². The Morgan fingerprint density at radius 1 is 0.886 bits per heavy atom. The zero-order valence-electron chi connectivity index (χ0n) is 26.4. The summed E-state index contributed by atoms with van der Waals surface area (Å²) in [6, 6.07) is 23.3. The van der Waals surface area contributed by atoms with Crippen molar-refractivity contribution >= 4 is 34.2 Å². The van der Waals surface area contributed by atoms with Gasteiger partial charge in [-0.1, -0.05) is 80.9 Å². The average molecular weight is 593 g/mol. The number of carbonyl (C=O) groups is 3. The molecule has 44 heavy (non-hydrogen) atoms. The van der Waals surface area contributed by atoms with E-state index in [1.165, 1.54) is 23.3 Å². The maximum absolute atomic E-state index is 13.6. The summed E-state index contributed by atoms with van der Waals surface area (Å²) in [6.45, 7) is 10.2. The number of nitrogens with zero attached hydrogens (tertiary/aromatic N) is 1. The lowest BCUT2D eigenvalue weighted by molar-refractivity contribution is -0.131. The molecule has 0 aliphatic rings. The van der Waals surface area contributed by atoms with E-state index in [4.69, 9.17) is 0 Å². The number of hydrogen-bond donors (Lipinski definition) is 3. The first-order valence-corrected chi connectivity index (χ1v) is 15.5. The van der Waals surface area contributed by atoms with Crippen LogP contribution in [0.15, 0.2) is 79.0 Å². The van der Waals surface area contributed by atoms with Crippen LogP contribution in [0, 0.1) is 19.8 Å². The van der Waals surface area contributed by atoms with Crippen molar-refractivity contribution in [2.75, 3.05) is 11.9 Å². The first-order valence-electron chi connectivity index (χ1n) is 15.5. The van der Waals surface area contributed by atoms with Gasteiger partial charge in [-0.3, -0.25) is 14.4 Å². The van der Waals surface area contributed by atoms with Crippen LogP contribution in [-0.4, -0.2) is 35.2 Å². The predicted molar refractivity (Wildman–Crippen MR) is 178 cm³/mol. The van der Waals surface area contributed by atoms with Crippen LogP contribution < -0.4 is 16.0 Å². The fourth-order valence-electron chi connectivity index (χ4n) is 5.44. The summed E-state index contributed by atoms with van der Waals surface area (Å²) in [5.41, 5.74) is 5.38. The summed E-state index contributed by atoms with van der Waals surface area (Å²) >= 11 is 0. The Kier molecular flexibility index (Phi) is 11.2. The Balaban J connectivity index is 1.43. The lowest BCUT2D eigenvalue weighted by atomic mass is 9.93. The van der Waals surface area contributed by atoms with Gasteiger partial charge in [0, 0.05) is 25.6 Å². The van der Waals surface area contributed by atoms with Gasteiger partial charge in [0.25, 0.3) is 0 Å². The second-order valence-corrected chi connectivity index (χ2v) is 11.7. The first-order chi connectivity index (χ1) is 21.2. The van der Waals surface area contributed by atoms with E-state index in [9.17, 15) is 14.4 Å². The smallest absolute Gasteiger partial charge is 0.243 e. The summed E-state index contributed by atoms with van der Waals surface area (Å²) in [4.78, 5) is 43.0. The van der Waals surface area contributed by atoms with Crippen molar-refractivity contribution in [1.82, 2.24) is 15.6 Å². The Bertz CT molecular complexity index is 1600. The van der Waals surface area contributed by atoms with Crippen molar-refractivity contribution in [3.8, 4) is 11.1 Å². The molecule has 0 aliphatic heterocycles. The molecule has 3 atom stereocenters. The zero-order valence-corrected chi connectivity index (χ0v) is 26.4. The van der Waals surface area contributed by atoms with Crippen LogP contribution in [0.5, 0.6) is 0 Å². The van der Waals surface area contributed by atoms with Crippen LogP contribution in [0.25, 0.3) is 21.9 Å². The minimum atomic E-state index is -0.702. The van der Waals surface area contributed by atoms with Crippen LogP contribution in [0.3, 0.4) is 0 Å². The van der Waals surface area contributed by atoms with Gasteiger partial charge in [-0.2, -0.15) is 0 Å². The molecule has 7 nitrogen and oxygen atoms in total.